The molecule has 0 atom stereocenters. The molecular formula is C36H33Cl2N3O2. The van der Waals surface area contributed by atoms with Crippen molar-refractivity contribution >= 4 is 45.8 Å². The number of nitrogens with zero attached hydrogens (tertiary/aromatic N) is 3. The van der Waals surface area contributed by atoms with Gasteiger partial charge in [0.25, 0.3) is 0 Å². The molecule has 2 heterocycles. The Morgan fingerprint density at radius 1 is 0.791 bits per heavy atom. The molecule has 0 N–H and O–H groups in total. The van der Waals surface area contributed by atoms with Crippen molar-refractivity contribution in [3.8, 4) is 0 Å². The van der Waals surface area contributed by atoms with Crippen LogP contribution in [0.1, 0.15) is 76.3 Å². The van der Waals surface area contributed by atoms with Crippen LogP contribution in [-0.2, 0) is 4.74 Å². The summed E-state index contributed by atoms with van der Waals surface area (Å²) in [5.74, 6) is 0.121. The first kappa shape index (κ1) is 28.0. The molecule has 0 amide bonds. The molecule has 0 spiro atoms. The predicted octanol–water partition coefficient (Wildman–Crippen LogP) is 9.03. The number of rotatable bonds is 7. The molecule has 0 radical (unpaired) electrons. The number of ether oxygens (including phenoxy) is 1. The monoisotopic (exact) mass is 609 g/mol. The van der Waals surface area contributed by atoms with Crippen molar-refractivity contribution in [2.45, 2.75) is 43.6 Å². The highest BCUT2D eigenvalue weighted by Gasteiger charge is 2.31. The first-order chi connectivity index (χ1) is 21.0. The van der Waals surface area contributed by atoms with Gasteiger partial charge in [-0.25, -0.2) is 4.79 Å². The minimum atomic E-state index is -0.308. The quantitative estimate of drug-likeness (QED) is 0.136. The Morgan fingerprint density at radius 3 is 1.93 bits per heavy atom. The first-order valence-corrected chi connectivity index (χ1v) is 15.7. The average molecular weight is 611 g/mol. The van der Waals surface area contributed by atoms with Crippen molar-refractivity contribution in [1.29, 1.82) is 0 Å². The Morgan fingerprint density at radius 2 is 1.37 bits per heavy atom. The second kappa shape index (κ2) is 11.7. The summed E-state index contributed by atoms with van der Waals surface area (Å²) in [6, 6.07) is 31.5. The maximum absolute atomic E-state index is 11.9. The fourth-order valence-electron chi connectivity index (χ4n) is 6.49. The summed E-state index contributed by atoms with van der Waals surface area (Å²) in [6.45, 7) is 1.88. The number of anilines is 1. The Balaban J connectivity index is 1.22. The molecule has 1 aromatic heterocycles. The summed E-state index contributed by atoms with van der Waals surface area (Å²) in [7, 11) is 1.41. The molecule has 0 bridgehead atoms. The van der Waals surface area contributed by atoms with Crippen LogP contribution in [0, 0.1) is 0 Å². The second-order valence-corrected chi connectivity index (χ2v) is 12.5. The van der Waals surface area contributed by atoms with E-state index in [1.54, 1.807) is 0 Å². The molecule has 5 aromatic rings. The molecule has 7 rings (SSSR count). The number of piperidine rings is 1. The molecular weight excluding hydrogens is 577 g/mol. The number of esters is 1. The predicted molar refractivity (Wildman–Crippen MR) is 174 cm³/mol. The number of benzene rings is 4. The van der Waals surface area contributed by atoms with Crippen LogP contribution in [0.3, 0.4) is 0 Å². The highest BCUT2D eigenvalue weighted by Crippen LogP contribution is 2.42. The molecule has 4 aromatic carbocycles. The average Bonchev–Trinajstić information content (AvgIpc) is 3.83. The maximum atomic E-state index is 11.9. The summed E-state index contributed by atoms with van der Waals surface area (Å²) >= 11 is 12.6. The van der Waals surface area contributed by atoms with Crippen molar-refractivity contribution in [2.75, 3.05) is 25.1 Å². The van der Waals surface area contributed by atoms with Crippen LogP contribution in [-0.4, -0.2) is 35.9 Å². The van der Waals surface area contributed by atoms with Gasteiger partial charge in [-0.05, 0) is 103 Å². The highest BCUT2D eigenvalue weighted by molar-refractivity contribution is 6.30. The summed E-state index contributed by atoms with van der Waals surface area (Å²) in [5, 5.41) is 8.02. The van der Waals surface area contributed by atoms with E-state index in [1.807, 2.05) is 48.5 Å². The van der Waals surface area contributed by atoms with E-state index in [9.17, 15) is 4.79 Å². The van der Waals surface area contributed by atoms with Gasteiger partial charge in [-0.1, -0.05) is 53.5 Å². The van der Waals surface area contributed by atoms with Crippen LogP contribution in [0.25, 0.3) is 10.9 Å². The molecule has 1 aliphatic carbocycles. The lowest BCUT2D eigenvalue weighted by Gasteiger charge is -2.33. The third-order valence-corrected chi connectivity index (χ3v) is 9.43. The van der Waals surface area contributed by atoms with Crippen molar-refractivity contribution in [3.05, 3.63) is 129 Å². The molecule has 1 saturated carbocycles. The zero-order valence-electron chi connectivity index (χ0n) is 24.0. The molecule has 0 unspecified atom stereocenters. The SMILES string of the molecule is COC(=O)c1ccc(N2CCC(c3nn(C4CC4)c4ccc(C(c5ccc(Cl)cc5)c5ccc(Cl)cc5)cc34)CC2)cc1. The van der Waals surface area contributed by atoms with Gasteiger partial charge >= 0.3 is 5.97 Å². The lowest BCUT2D eigenvalue weighted by atomic mass is 9.84. The number of aromatic nitrogens is 2. The van der Waals surface area contributed by atoms with Crippen molar-refractivity contribution in [2.24, 2.45) is 0 Å². The van der Waals surface area contributed by atoms with E-state index >= 15 is 0 Å². The summed E-state index contributed by atoms with van der Waals surface area (Å²) in [5.41, 5.74) is 7.77. The number of carbonyl (C=O) groups is 1. The molecule has 1 saturated heterocycles. The topological polar surface area (TPSA) is 47.4 Å². The lowest BCUT2D eigenvalue weighted by Crippen LogP contribution is -2.33. The minimum absolute atomic E-state index is 0.0471. The summed E-state index contributed by atoms with van der Waals surface area (Å²) in [4.78, 5) is 14.3. The van der Waals surface area contributed by atoms with Crippen LogP contribution in [0.2, 0.25) is 10.0 Å². The second-order valence-electron chi connectivity index (χ2n) is 11.7. The van der Waals surface area contributed by atoms with Crippen molar-refractivity contribution < 1.29 is 9.53 Å². The fraction of sp³-hybridized carbons (Fsp3) is 0.278. The third-order valence-electron chi connectivity index (χ3n) is 8.93. The number of methoxy groups -OCH3 is 1. The van der Waals surface area contributed by atoms with E-state index in [0.29, 0.717) is 17.5 Å². The van der Waals surface area contributed by atoms with Crippen molar-refractivity contribution in [1.82, 2.24) is 9.78 Å². The van der Waals surface area contributed by atoms with Crippen LogP contribution >= 0.6 is 23.2 Å². The lowest BCUT2D eigenvalue weighted by molar-refractivity contribution is 0.0600. The van der Waals surface area contributed by atoms with Gasteiger partial charge in [-0.15, -0.1) is 0 Å². The largest absolute Gasteiger partial charge is 0.465 e. The van der Waals surface area contributed by atoms with Gasteiger partial charge in [0.2, 0.25) is 0 Å². The first-order valence-electron chi connectivity index (χ1n) is 14.9. The Bertz CT molecular complexity index is 1710. The van der Waals surface area contributed by atoms with Crippen LogP contribution in [0.15, 0.2) is 91.0 Å². The maximum Gasteiger partial charge on any atom is 0.337 e. The van der Waals surface area contributed by atoms with E-state index in [-0.39, 0.29) is 11.9 Å². The smallest absolute Gasteiger partial charge is 0.337 e. The highest BCUT2D eigenvalue weighted by atomic mass is 35.5. The molecule has 218 valence electrons. The van der Waals surface area contributed by atoms with Crippen molar-refractivity contribution in [3.63, 3.8) is 0 Å². The minimum Gasteiger partial charge on any atom is -0.465 e. The van der Waals surface area contributed by atoms with E-state index < -0.39 is 0 Å². The van der Waals surface area contributed by atoms with Gasteiger partial charge in [0.1, 0.15) is 0 Å². The number of hydrogen-bond donors (Lipinski definition) is 0. The van der Waals surface area contributed by atoms with Gasteiger partial charge in [0.05, 0.1) is 29.9 Å². The normalized spacial score (nSPS) is 15.8. The number of hydrogen-bond acceptors (Lipinski definition) is 4. The Kier molecular flexibility index (Phi) is 7.62. The zero-order chi connectivity index (χ0) is 29.5. The number of fused-ring (bicyclic) bond motifs is 1. The summed E-state index contributed by atoms with van der Waals surface area (Å²) < 4.78 is 7.14. The molecule has 1 aliphatic heterocycles. The van der Waals surface area contributed by atoms with Gasteiger partial charge in [0.15, 0.2) is 0 Å². The standard InChI is InChI=1S/C36H33Cl2N3O2/c1-43-36(42)26-6-13-30(14-7-26)40-20-18-25(19-21-40)35-32-22-27(8-17-33(32)41(39-35)31-15-16-31)34(23-2-9-28(37)10-3-23)24-4-11-29(38)12-5-24/h2-14,17,22,25,31,34H,15-16,18-21H2,1H3. The molecule has 5 nitrogen and oxygen atoms in total. The van der Waals surface area contributed by atoms with E-state index in [0.717, 1.165) is 41.7 Å². The van der Waals surface area contributed by atoms with Crippen LogP contribution < -0.4 is 4.90 Å². The Hall–Kier alpha value is -3.80. The molecule has 43 heavy (non-hydrogen) atoms. The molecule has 2 aliphatic rings. The third kappa shape index (κ3) is 5.64. The van der Waals surface area contributed by atoms with E-state index in [2.05, 4.69) is 52.0 Å². The van der Waals surface area contributed by atoms with Gasteiger partial charge in [-0.3, -0.25) is 4.68 Å². The Labute approximate surface area is 262 Å². The van der Waals surface area contributed by atoms with E-state index in [4.69, 9.17) is 33.0 Å². The molecule has 7 heteroatoms. The van der Waals surface area contributed by atoms with Gasteiger partial charge in [-0.2, -0.15) is 5.10 Å². The summed E-state index contributed by atoms with van der Waals surface area (Å²) in [6.07, 6.45) is 4.43. The fourth-order valence-corrected chi connectivity index (χ4v) is 6.74. The van der Waals surface area contributed by atoms with E-state index in [1.165, 1.54) is 53.2 Å². The van der Waals surface area contributed by atoms with Crippen LogP contribution in [0.5, 0.6) is 0 Å². The molecule has 2 fully saturated rings. The number of halogens is 2. The number of carbonyl (C=O) groups excluding carboxylic acids is 1. The van der Waals surface area contributed by atoms with Gasteiger partial charge < -0.3 is 9.64 Å². The zero-order valence-corrected chi connectivity index (χ0v) is 25.6. The van der Waals surface area contributed by atoms with Crippen LogP contribution in [0.4, 0.5) is 5.69 Å². The van der Waals surface area contributed by atoms with Gasteiger partial charge in [0, 0.05) is 46.0 Å².